The number of halogens is 2. The molecule has 2 rings (SSSR count). The second-order valence-corrected chi connectivity index (χ2v) is 4.45. The average Bonchev–Trinajstić information content (AvgIpc) is 2.39. The number of pyridine rings is 1. The molecule has 94 valence electrons. The largest absolute Gasteiger partial charge is 0.497 e. The number of benzene rings is 1. The van der Waals surface area contributed by atoms with Crippen LogP contribution in [0.2, 0.25) is 10.0 Å². The lowest BCUT2D eigenvalue weighted by molar-refractivity contribution is 0.415. The van der Waals surface area contributed by atoms with Gasteiger partial charge in [-0.25, -0.2) is 4.98 Å². The highest BCUT2D eigenvalue weighted by Crippen LogP contribution is 2.33. The summed E-state index contributed by atoms with van der Waals surface area (Å²) < 4.78 is 5.18. The van der Waals surface area contributed by atoms with E-state index in [9.17, 15) is 0 Å². The molecular weight excluding hydrogens is 271 g/mol. The first-order valence-electron chi connectivity index (χ1n) is 5.34. The Morgan fingerprint density at radius 3 is 2.61 bits per heavy atom. The Kier molecular flexibility index (Phi) is 3.94. The van der Waals surface area contributed by atoms with Crippen LogP contribution in [-0.4, -0.2) is 19.1 Å². The summed E-state index contributed by atoms with van der Waals surface area (Å²) in [4.78, 5) is 4.41. The molecule has 1 heterocycles. The maximum Gasteiger partial charge on any atom is 0.145 e. The highest BCUT2D eigenvalue weighted by molar-refractivity contribution is 6.37. The van der Waals surface area contributed by atoms with Crippen molar-refractivity contribution in [3.05, 3.63) is 40.4 Å². The van der Waals surface area contributed by atoms with Crippen LogP contribution in [0.3, 0.4) is 0 Å². The number of methoxy groups -OCH3 is 1. The molecule has 0 aliphatic heterocycles. The first-order chi connectivity index (χ1) is 8.65. The number of nitrogens with one attached hydrogen (secondary N) is 1. The third-order valence-electron chi connectivity index (χ3n) is 2.51. The smallest absolute Gasteiger partial charge is 0.145 e. The van der Waals surface area contributed by atoms with Gasteiger partial charge in [0.15, 0.2) is 0 Å². The molecule has 5 heteroatoms. The van der Waals surface area contributed by atoms with Crippen molar-refractivity contribution in [2.45, 2.75) is 0 Å². The van der Waals surface area contributed by atoms with E-state index in [2.05, 4.69) is 10.3 Å². The number of anilines is 1. The molecule has 18 heavy (non-hydrogen) atoms. The predicted octanol–water partition coefficient (Wildman–Crippen LogP) is 4.11. The number of ether oxygens (including phenoxy) is 1. The zero-order valence-electron chi connectivity index (χ0n) is 10.00. The van der Waals surface area contributed by atoms with Crippen LogP contribution in [-0.2, 0) is 0 Å². The van der Waals surface area contributed by atoms with Crippen LogP contribution in [0.25, 0.3) is 11.3 Å². The minimum atomic E-state index is 0.495. The fourth-order valence-corrected chi connectivity index (χ4v) is 2.18. The third kappa shape index (κ3) is 2.52. The number of aromatic nitrogens is 1. The molecule has 0 unspecified atom stereocenters. The molecule has 0 spiro atoms. The quantitative estimate of drug-likeness (QED) is 0.920. The average molecular weight is 283 g/mol. The lowest BCUT2D eigenvalue weighted by Gasteiger charge is -2.09. The fourth-order valence-electron chi connectivity index (χ4n) is 1.61. The molecule has 0 amide bonds. The van der Waals surface area contributed by atoms with Crippen molar-refractivity contribution in [1.29, 1.82) is 0 Å². The van der Waals surface area contributed by atoms with Crippen molar-refractivity contribution < 1.29 is 4.74 Å². The van der Waals surface area contributed by atoms with Gasteiger partial charge in [0, 0.05) is 12.6 Å². The van der Waals surface area contributed by atoms with Crippen LogP contribution in [0, 0.1) is 0 Å². The van der Waals surface area contributed by atoms with Crippen molar-refractivity contribution in [3.63, 3.8) is 0 Å². The molecule has 1 aromatic heterocycles. The van der Waals surface area contributed by atoms with Gasteiger partial charge in [-0.1, -0.05) is 35.3 Å². The van der Waals surface area contributed by atoms with Crippen LogP contribution < -0.4 is 10.1 Å². The number of nitrogens with zero attached hydrogens (tertiary/aromatic N) is 1. The minimum Gasteiger partial charge on any atom is -0.497 e. The van der Waals surface area contributed by atoms with Crippen molar-refractivity contribution in [3.8, 4) is 17.0 Å². The molecular formula is C13H12Cl2N2O. The van der Waals surface area contributed by atoms with Gasteiger partial charge in [0.25, 0.3) is 0 Å². The SMILES string of the molecule is CNc1nc(-c2cccc(OC)c2)c(Cl)cc1Cl. The van der Waals surface area contributed by atoms with E-state index in [4.69, 9.17) is 27.9 Å². The topological polar surface area (TPSA) is 34.2 Å². The molecule has 0 atom stereocenters. The highest BCUT2D eigenvalue weighted by atomic mass is 35.5. The van der Waals surface area contributed by atoms with Gasteiger partial charge in [-0.2, -0.15) is 0 Å². The highest BCUT2D eigenvalue weighted by Gasteiger charge is 2.10. The van der Waals surface area contributed by atoms with Crippen molar-refractivity contribution >= 4 is 29.0 Å². The Bertz CT molecular complexity index is 573. The summed E-state index contributed by atoms with van der Waals surface area (Å²) in [6.45, 7) is 0. The van der Waals surface area contributed by atoms with Crippen molar-refractivity contribution in [2.75, 3.05) is 19.5 Å². The van der Waals surface area contributed by atoms with Crippen molar-refractivity contribution in [2.24, 2.45) is 0 Å². The van der Waals surface area contributed by atoms with E-state index >= 15 is 0 Å². The summed E-state index contributed by atoms with van der Waals surface area (Å²) in [5, 5.41) is 3.93. The molecule has 0 saturated heterocycles. The van der Waals surface area contributed by atoms with Gasteiger partial charge in [-0.15, -0.1) is 0 Å². The van der Waals surface area contributed by atoms with E-state index in [-0.39, 0.29) is 0 Å². The standard InChI is InChI=1S/C13H12Cl2N2O/c1-16-13-11(15)7-10(14)12(17-13)8-4-3-5-9(6-8)18-2/h3-7H,1-2H3,(H,16,17). The van der Waals surface area contributed by atoms with Gasteiger partial charge in [-0.05, 0) is 18.2 Å². The summed E-state index contributed by atoms with van der Waals surface area (Å²) in [7, 11) is 3.38. The first-order valence-corrected chi connectivity index (χ1v) is 6.09. The van der Waals surface area contributed by atoms with Gasteiger partial charge in [0.2, 0.25) is 0 Å². The van der Waals surface area contributed by atoms with Gasteiger partial charge in [0.1, 0.15) is 11.6 Å². The molecule has 0 bridgehead atoms. The van der Waals surface area contributed by atoms with Crippen LogP contribution in [0.5, 0.6) is 5.75 Å². The second kappa shape index (κ2) is 5.46. The summed E-state index contributed by atoms with van der Waals surface area (Å²) in [6, 6.07) is 9.23. The summed E-state index contributed by atoms with van der Waals surface area (Å²) >= 11 is 12.2. The Labute approximate surface area is 116 Å². The molecule has 2 aromatic rings. The van der Waals surface area contributed by atoms with E-state index < -0.39 is 0 Å². The monoisotopic (exact) mass is 282 g/mol. The van der Waals surface area contributed by atoms with E-state index in [1.165, 1.54) is 0 Å². The number of hydrogen-bond donors (Lipinski definition) is 1. The van der Waals surface area contributed by atoms with E-state index in [1.54, 1.807) is 20.2 Å². The minimum absolute atomic E-state index is 0.495. The summed E-state index contributed by atoms with van der Waals surface area (Å²) in [5.41, 5.74) is 1.55. The molecule has 0 saturated carbocycles. The summed E-state index contributed by atoms with van der Waals surface area (Å²) in [6.07, 6.45) is 0. The van der Waals surface area contributed by atoms with E-state index in [1.807, 2.05) is 24.3 Å². The predicted molar refractivity (Wildman–Crippen MR) is 75.8 cm³/mol. The second-order valence-electron chi connectivity index (χ2n) is 3.63. The first kappa shape index (κ1) is 13.0. The Morgan fingerprint density at radius 2 is 1.94 bits per heavy atom. The Morgan fingerprint density at radius 1 is 1.17 bits per heavy atom. The van der Waals surface area contributed by atoms with Crippen LogP contribution in [0.1, 0.15) is 0 Å². The molecule has 3 nitrogen and oxygen atoms in total. The molecule has 1 N–H and O–H groups in total. The van der Waals surface area contributed by atoms with Crippen LogP contribution in [0.15, 0.2) is 30.3 Å². The zero-order valence-corrected chi connectivity index (χ0v) is 11.5. The van der Waals surface area contributed by atoms with E-state index in [0.717, 1.165) is 11.3 Å². The zero-order chi connectivity index (χ0) is 13.1. The maximum absolute atomic E-state index is 6.17. The fraction of sp³-hybridized carbons (Fsp3) is 0.154. The molecule has 0 aliphatic rings. The van der Waals surface area contributed by atoms with Gasteiger partial charge < -0.3 is 10.1 Å². The van der Waals surface area contributed by atoms with Gasteiger partial charge >= 0.3 is 0 Å². The third-order valence-corrected chi connectivity index (χ3v) is 3.09. The van der Waals surface area contributed by atoms with Crippen molar-refractivity contribution in [1.82, 2.24) is 4.98 Å². The molecule has 0 aliphatic carbocycles. The van der Waals surface area contributed by atoms with Crippen LogP contribution >= 0.6 is 23.2 Å². The van der Waals surface area contributed by atoms with E-state index in [0.29, 0.717) is 21.6 Å². The normalized spacial score (nSPS) is 10.2. The summed E-state index contributed by atoms with van der Waals surface area (Å²) in [5.74, 6) is 1.35. The number of hydrogen-bond acceptors (Lipinski definition) is 3. The number of rotatable bonds is 3. The Hall–Kier alpha value is -1.45. The molecule has 0 fully saturated rings. The van der Waals surface area contributed by atoms with Gasteiger partial charge in [0.05, 0.1) is 22.8 Å². The van der Waals surface area contributed by atoms with Gasteiger partial charge in [-0.3, -0.25) is 0 Å². The maximum atomic E-state index is 6.17. The van der Waals surface area contributed by atoms with Crippen LogP contribution in [0.4, 0.5) is 5.82 Å². The molecule has 1 aromatic carbocycles. The lowest BCUT2D eigenvalue weighted by Crippen LogP contribution is -1.96. The molecule has 0 radical (unpaired) electrons. The lowest BCUT2D eigenvalue weighted by atomic mass is 10.1. The Balaban J connectivity index is 2.55.